The van der Waals surface area contributed by atoms with Crippen LogP contribution >= 0.6 is 0 Å². The quantitative estimate of drug-likeness (QED) is 0.0755. The molecule has 0 bridgehead atoms. The van der Waals surface area contributed by atoms with Gasteiger partial charge in [0, 0.05) is 78.3 Å². The van der Waals surface area contributed by atoms with Gasteiger partial charge in [0.1, 0.15) is 23.3 Å². The van der Waals surface area contributed by atoms with Gasteiger partial charge in [0.2, 0.25) is 0 Å². The number of anilines is 8. The molecule has 0 aliphatic carbocycles. The van der Waals surface area contributed by atoms with Crippen LogP contribution in [0.3, 0.4) is 0 Å². The van der Waals surface area contributed by atoms with Gasteiger partial charge in [-0.1, -0.05) is 169 Å². The minimum absolute atomic E-state index is 0. The SMILES string of the molecule is C(=Nc1ccccc1)[N-]c1ccccc1.C(=Nc1ccccc1)[N-]c1ccccc1.Cc1cc(C)c(N2[CH-]N(c3[c-]cccc3)c3nccnc32)c(C)c1.Cc1cc(C)c(N2[CH-]N(c3[c-]cccc3)c3nccnc32)c(C)c1.[Pt].[Pt]. The van der Waals surface area contributed by atoms with Crippen molar-refractivity contribution in [1.82, 2.24) is 19.9 Å². The van der Waals surface area contributed by atoms with Crippen LogP contribution in [0, 0.1) is 67.0 Å². The Morgan fingerprint density at radius 3 is 1.00 bits per heavy atom. The molecule has 0 N–H and O–H groups in total. The predicted molar refractivity (Wildman–Crippen MR) is 321 cm³/mol. The van der Waals surface area contributed by atoms with Crippen molar-refractivity contribution in [2.24, 2.45) is 9.98 Å². The standard InChI is InChI=1S/2C20H18N4.2C13H11N2.2Pt/c2*1-14-11-15(2)18(16(3)12-14)24-13-23(17-7-5-4-6-8-17)19-20(24)22-10-9-21-19;2*1-3-7-12(8-4-1)14-11-15-13-9-5-2-6-10-13;;/h2*4-7,9-13H,1-3H3;2*1-11H;;/q2*-2;2*-1;;. The monoisotopic (exact) mass is 1410 g/mol. The van der Waals surface area contributed by atoms with E-state index in [-0.39, 0.29) is 42.1 Å². The van der Waals surface area contributed by atoms with Gasteiger partial charge in [-0.25, -0.2) is 19.9 Å². The summed E-state index contributed by atoms with van der Waals surface area (Å²) in [5.74, 6) is 3.31. The number of rotatable bonds is 10. The molecule has 0 spiro atoms. The molecule has 408 valence electrons. The summed E-state index contributed by atoms with van der Waals surface area (Å²) in [5, 5.41) is 8.42. The smallest absolute Gasteiger partial charge is 0.145 e. The van der Waals surface area contributed by atoms with E-state index in [1.807, 2.05) is 193 Å². The molecular weight excluding hydrogens is 1350 g/mol. The number of benzene rings is 8. The number of aryl methyl sites for hydroxylation is 6. The van der Waals surface area contributed by atoms with Gasteiger partial charge < -0.3 is 40.2 Å². The molecule has 0 fully saturated rings. The second-order valence-corrected chi connectivity index (χ2v) is 18.2. The van der Waals surface area contributed by atoms with Crippen molar-refractivity contribution in [3.05, 3.63) is 288 Å². The molecular formula is C66H58N12Pt2-6. The molecule has 0 radical (unpaired) electrons. The molecule has 2 aliphatic heterocycles. The minimum Gasteiger partial charge on any atom is -0.477 e. The molecule has 2 aliphatic rings. The summed E-state index contributed by atoms with van der Waals surface area (Å²) in [7, 11) is 0. The summed E-state index contributed by atoms with van der Waals surface area (Å²) in [6.45, 7) is 16.9. The number of hydrogen-bond donors (Lipinski definition) is 0. The molecule has 0 saturated carbocycles. The molecule has 2 aromatic heterocycles. The van der Waals surface area contributed by atoms with E-state index >= 15 is 0 Å². The van der Waals surface area contributed by atoms with Gasteiger partial charge in [0.25, 0.3) is 0 Å². The number of para-hydroxylation sites is 6. The van der Waals surface area contributed by atoms with E-state index in [1.165, 1.54) is 33.4 Å². The summed E-state index contributed by atoms with van der Waals surface area (Å²) in [6, 6.07) is 70.1. The van der Waals surface area contributed by atoms with E-state index in [0.717, 1.165) is 68.8 Å². The summed E-state index contributed by atoms with van der Waals surface area (Å²) in [5.41, 5.74) is 15.3. The molecule has 0 atom stereocenters. The van der Waals surface area contributed by atoms with E-state index in [9.17, 15) is 0 Å². The topological polar surface area (TPSA) is 117 Å². The van der Waals surface area contributed by atoms with Gasteiger partial charge in [0.05, 0.1) is 0 Å². The van der Waals surface area contributed by atoms with Crippen LogP contribution in [-0.2, 0) is 42.1 Å². The zero-order chi connectivity index (χ0) is 54.1. The predicted octanol–water partition coefficient (Wildman–Crippen LogP) is 17.3. The van der Waals surface area contributed by atoms with E-state index in [4.69, 9.17) is 0 Å². The minimum atomic E-state index is 0. The first kappa shape index (κ1) is 59.1. The molecule has 12 rings (SSSR count). The molecule has 0 amide bonds. The van der Waals surface area contributed by atoms with Crippen molar-refractivity contribution in [2.45, 2.75) is 41.5 Å². The van der Waals surface area contributed by atoms with E-state index in [0.29, 0.717) is 0 Å². The van der Waals surface area contributed by atoms with Gasteiger partial charge in [0.15, 0.2) is 0 Å². The number of aliphatic imine (C=N–C) groups is 2. The van der Waals surface area contributed by atoms with Gasteiger partial charge >= 0.3 is 0 Å². The van der Waals surface area contributed by atoms with Crippen LogP contribution in [0.1, 0.15) is 33.4 Å². The first-order valence-corrected chi connectivity index (χ1v) is 25.4. The maximum Gasteiger partial charge on any atom is 0.145 e. The number of aromatic nitrogens is 4. The summed E-state index contributed by atoms with van der Waals surface area (Å²) in [4.78, 5) is 34.9. The van der Waals surface area contributed by atoms with Crippen LogP contribution < -0.4 is 19.6 Å². The van der Waals surface area contributed by atoms with Crippen LogP contribution in [0.2, 0.25) is 0 Å². The fraction of sp³-hybridized carbons (Fsp3) is 0.0909. The number of nitrogens with zero attached hydrogens (tertiary/aromatic N) is 12. The second kappa shape index (κ2) is 29.4. The van der Waals surface area contributed by atoms with Crippen molar-refractivity contribution in [1.29, 1.82) is 0 Å². The zero-order valence-electron chi connectivity index (χ0n) is 45.1. The van der Waals surface area contributed by atoms with Crippen molar-refractivity contribution < 1.29 is 42.1 Å². The molecule has 0 saturated heterocycles. The van der Waals surface area contributed by atoms with E-state index in [1.54, 1.807) is 37.5 Å². The van der Waals surface area contributed by atoms with Crippen LogP contribution in [-0.4, -0.2) is 32.6 Å². The van der Waals surface area contributed by atoms with Crippen molar-refractivity contribution in [3.8, 4) is 0 Å². The Hall–Kier alpha value is -8.56. The van der Waals surface area contributed by atoms with Crippen molar-refractivity contribution >= 4 is 81.4 Å². The maximum absolute atomic E-state index is 4.57. The van der Waals surface area contributed by atoms with Crippen LogP contribution in [0.5, 0.6) is 0 Å². The Kier molecular flexibility index (Phi) is 21.7. The first-order chi connectivity index (χ1) is 38.2. The zero-order valence-corrected chi connectivity index (χ0v) is 49.6. The van der Waals surface area contributed by atoms with Gasteiger partial charge in [-0.2, -0.15) is 60.7 Å². The van der Waals surface area contributed by atoms with Gasteiger partial charge in [-0.3, -0.25) is 0 Å². The summed E-state index contributed by atoms with van der Waals surface area (Å²) >= 11 is 0. The van der Waals surface area contributed by atoms with Crippen molar-refractivity contribution in [3.63, 3.8) is 0 Å². The first-order valence-electron chi connectivity index (χ1n) is 25.4. The van der Waals surface area contributed by atoms with E-state index < -0.39 is 0 Å². The normalized spacial score (nSPS) is 11.9. The molecule has 4 heterocycles. The Balaban J connectivity index is 0.000000157. The molecule has 0 unspecified atom stereocenters. The van der Waals surface area contributed by atoms with E-state index in [2.05, 4.69) is 128 Å². The summed E-state index contributed by atoms with van der Waals surface area (Å²) in [6.07, 6.45) is 10.1. The molecule has 8 aromatic carbocycles. The maximum atomic E-state index is 4.57. The summed E-state index contributed by atoms with van der Waals surface area (Å²) < 4.78 is 0. The molecule has 80 heavy (non-hydrogen) atoms. The molecule has 10 aromatic rings. The van der Waals surface area contributed by atoms with Crippen LogP contribution in [0.25, 0.3) is 10.6 Å². The number of fused-ring (bicyclic) bond motifs is 2. The van der Waals surface area contributed by atoms with Gasteiger partial charge in [-0.15, -0.1) is 24.7 Å². The second-order valence-electron chi connectivity index (χ2n) is 18.2. The Bertz CT molecular complexity index is 3280. The number of hydrogen-bond acceptors (Lipinski definition) is 10. The van der Waals surface area contributed by atoms with Gasteiger partial charge in [-0.05, 0) is 86.5 Å². The fourth-order valence-electron chi connectivity index (χ4n) is 9.01. The third-order valence-electron chi connectivity index (χ3n) is 12.2. The Labute approximate surface area is 499 Å². The fourth-order valence-corrected chi connectivity index (χ4v) is 9.01. The van der Waals surface area contributed by atoms with Crippen LogP contribution in [0.4, 0.5) is 68.8 Å². The average molecular weight is 1410 g/mol. The Morgan fingerprint density at radius 1 is 0.388 bits per heavy atom. The van der Waals surface area contributed by atoms with Crippen molar-refractivity contribution in [2.75, 3.05) is 19.6 Å². The Morgan fingerprint density at radius 2 is 0.688 bits per heavy atom. The third-order valence-corrected chi connectivity index (χ3v) is 12.2. The van der Waals surface area contributed by atoms with Crippen LogP contribution in [0.15, 0.2) is 229 Å². The largest absolute Gasteiger partial charge is 0.477 e. The molecule has 14 heteroatoms. The third kappa shape index (κ3) is 15.4. The molecule has 12 nitrogen and oxygen atoms in total. The average Bonchev–Trinajstić information content (AvgIpc) is 4.21.